The molecule has 0 aliphatic rings. The number of para-hydroxylation sites is 1. The summed E-state index contributed by atoms with van der Waals surface area (Å²) in [6.07, 6.45) is 0. The summed E-state index contributed by atoms with van der Waals surface area (Å²) in [7, 11) is 0. The van der Waals surface area contributed by atoms with Crippen LogP contribution in [0.15, 0.2) is 45.7 Å². The highest BCUT2D eigenvalue weighted by molar-refractivity contribution is 9.10. The third kappa shape index (κ3) is 4.09. The van der Waals surface area contributed by atoms with Crippen molar-refractivity contribution in [2.24, 2.45) is 0 Å². The van der Waals surface area contributed by atoms with Crippen LogP contribution in [-0.4, -0.2) is 15.6 Å². The summed E-state index contributed by atoms with van der Waals surface area (Å²) in [5, 5.41) is 0.433. The molecule has 7 heteroatoms. The highest BCUT2D eigenvalue weighted by Gasteiger charge is 2.15. The van der Waals surface area contributed by atoms with Crippen molar-refractivity contribution in [3.63, 3.8) is 0 Å². The molecule has 1 aromatic heterocycles. The van der Waals surface area contributed by atoms with Crippen LogP contribution in [0.25, 0.3) is 10.9 Å². The second-order valence-electron chi connectivity index (χ2n) is 6.94. The number of nitrogens with zero attached hydrogens (tertiary/aromatic N) is 2. The smallest absolute Gasteiger partial charge is 0.280 e. The molecular formula is C21H22BrN3O3. The number of carbonyl (C=O) groups is 1. The molecule has 3 rings (SSSR count). The van der Waals surface area contributed by atoms with E-state index in [1.54, 1.807) is 18.2 Å². The van der Waals surface area contributed by atoms with Crippen molar-refractivity contribution in [2.45, 2.75) is 40.2 Å². The Morgan fingerprint density at radius 3 is 2.68 bits per heavy atom. The van der Waals surface area contributed by atoms with Gasteiger partial charge < -0.3 is 4.74 Å². The fraction of sp³-hybridized carbons (Fsp3) is 0.286. The minimum Gasteiger partial charge on any atom is -0.485 e. The van der Waals surface area contributed by atoms with Crippen LogP contribution < -0.4 is 15.7 Å². The number of ether oxygens (including phenoxy) is 1. The van der Waals surface area contributed by atoms with Gasteiger partial charge in [0.15, 0.2) is 5.82 Å². The maximum absolute atomic E-state index is 12.8. The number of hydrogen-bond acceptors (Lipinski definition) is 4. The Hall–Kier alpha value is -2.67. The first-order chi connectivity index (χ1) is 13.3. The number of aryl methyl sites for hydroxylation is 1. The van der Waals surface area contributed by atoms with Crippen molar-refractivity contribution in [2.75, 3.05) is 5.43 Å². The molecule has 6 nitrogen and oxygen atoms in total. The standard InChI is InChI=1S/C21H22BrN3O3/c1-12(2)16-10-17(22)13(3)9-19(16)28-11-20-23-18-8-6-5-7-15(18)21(27)25(20)24-14(4)26/h5-10,12H,11H2,1-4H3,(H,24,26). The van der Waals surface area contributed by atoms with Crippen LogP contribution in [-0.2, 0) is 11.4 Å². The van der Waals surface area contributed by atoms with Gasteiger partial charge in [0.05, 0.1) is 10.9 Å². The third-order valence-electron chi connectivity index (χ3n) is 4.38. The maximum Gasteiger partial charge on any atom is 0.280 e. The van der Waals surface area contributed by atoms with Crippen LogP contribution in [0.3, 0.4) is 0 Å². The lowest BCUT2D eigenvalue weighted by molar-refractivity contribution is -0.115. The van der Waals surface area contributed by atoms with E-state index in [4.69, 9.17) is 4.74 Å². The van der Waals surface area contributed by atoms with Crippen molar-refractivity contribution in [3.8, 4) is 5.75 Å². The second kappa shape index (κ2) is 8.14. The highest BCUT2D eigenvalue weighted by Crippen LogP contribution is 2.32. The predicted octanol–water partition coefficient (Wildman–Crippen LogP) is 4.26. The first-order valence-electron chi connectivity index (χ1n) is 8.99. The number of nitrogens with one attached hydrogen (secondary N) is 1. The predicted molar refractivity (Wildman–Crippen MR) is 113 cm³/mol. The van der Waals surface area contributed by atoms with Gasteiger partial charge in [-0.25, -0.2) is 4.98 Å². The van der Waals surface area contributed by atoms with Gasteiger partial charge in [0.25, 0.3) is 5.56 Å². The number of benzene rings is 2. The molecule has 2 aromatic carbocycles. The van der Waals surface area contributed by atoms with Crippen LogP contribution in [0.4, 0.5) is 0 Å². The van der Waals surface area contributed by atoms with Gasteiger partial charge in [-0.3, -0.25) is 15.0 Å². The number of amides is 1. The van der Waals surface area contributed by atoms with Gasteiger partial charge in [-0.05, 0) is 48.2 Å². The molecule has 1 heterocycles. The van der Waals surface area contributed by atoms with E-state index in [0.717, 1.165) is 26.0 Å². The zero-order valence-electron chi connectivity index (χ0n) is 16.2. The Kier molecular flexibility index (Phi) is 5.84. The van der Waals surface area contributed by atoms with Gasteiger partial charge in [0.1, 0.15) is 12.4 Å². The zero-order valence-corrected chi connectivity index (χ0v) is 17.8. The minimum atomic E-state index is -0.359. The summed E-state index contributed by atoms with van der Waals surface area (Å²) in [6.45, 7) is 7.56. The number of rotatable bonds is 5. The van der Waals surface area contributed by atoms with E-state index in [0.29, 0.717) is 16.7 Å². The Morgan fingerprint density at radius 1 is 1.29 bits per heavy atom. The number of carbonyl (C=O) groups excluding carboxylic acids is 1. The van der Waals surface area contributed by atoms with E-state index < -0.39 is 0 Å². The number of aromatic nitrogens is 2. The monoisotopic (exact) mass is 443 g/mol. The number of fused-ring (bicyclic) bond motifs is 1. The molecule has 1 N–H and O–H groups in total. The first-order valence-corrected chi connectivity index (χ1v) is 9.78. The van der Waals surface area contributed by atoms with Gasteiger partial charge in [0, 0.05) is 11.4 Å². The van der Waals surface area contributed by atoms with Crippen LogP contribution in [0.5, 0.6) is 5.75 Å². The van der Waals surface area contributed by atoms with Crippen molar-refractivity contribution < 1.29 is 9.53 Å². The average Bonchev–Trinajstić information content (AvgIpc) is 2.64. The van der Waals surface area contributed by atoms with Crippen LogP contribution in [0.2, 0.25) is 0 Å². The SMILES string of the molecule is CC(=O)Nn1c(COc2cc(C)c(Br)cc2C(C)C)nc2ccccc2c1=O. The average molecular weight is 444 g/mol. The van der Waals surface area contributed by atoms with Crippen molar-refractivity contribution in [1.29, 1.82) is 0 Å². The van der Waals surface area contributed by atoms with Gasteiger partial charge in [-0.2, -0.15) is 4.68 Å². The van der Waals surface area contributed by atoms with Crippen LogP contribution in [0.1, 0.15) is 43.6 Å². The van der Waals surface area contributed by atoms with E-state index in [1.807, 2.05) is 25.1 Å². The second-order valence-corrected chi connectivity index (χ2v) is 7.79. The lowest BCUT2D eigenvalue weighted by atomic mass is 10.0. The van der Waals surface area contributed by atoms with Crippen molar-refractivity contribution >= 4 is 32.7 Å². The summed E-state index contributed by atoms with van der Waals surface area (Å²) < 4.78 is 8.23. The Balaban J connectivity index is 2.04. The van der Waals surface area contributed by atoms with Crippen LogP contribution in [0, 0.1) is 6.92 Å². The molecule has 28 heavy (non-hydrogen) atoms. The molecule has 146 valence electrons. The largest absolute Gasteiger partial charge is 0.485 e. The summed E-state index contributed by atoms with van der Waals surface area (Å²) in [5.74, 6) is 0.957. The molecule has 0 unspecified atom stereocenters. The minimum absolute atomic E-state index is 0.0428. The lowest BCUT2D eigenvalue weighted by Gasteiger charge is -2.18. The summed E-state index contributed by atoms with van der Waals surface area (Å²) in [6, 6.07) is 11.0. The molecule has 0 aliphatic carbocycles. The summed E-state index contributed by atoms with van der Waals surface area (Å²) in [4.78, 5) is 29.0. The molecule has 1 amide bonds. The lowest BCUT2D eigenvalue weighted by Crippen LogP contribution is -2.35. The number of hydrogen-bond donors (Lipinski definition) is 1. The van der Waals surface area contributed by atoms with E-state index in [9.17, 15) is 9.59 Å². The molecule has 0 spiro atoms. The topological polar surface area (TPSA) is 73.2 Å². The number of halogens is 1. The Labute approximate surface area is 171 Å². The van der Waals surface area contributed by atoms with Gasteiger partial charge in [-0.15, -0.1) is 0 Å². The van der Waals surface area contributed by atoms with E-state index >= 15 is 0 Å². The van der Waals surface area contributed by atoms with Gasteiger partial charge in [0.2, 0.25) is 5.91 Å². The fourth-order valence-corrected chi connectivity index (χ4v) is 3.30. The van der Waals surface area contributed by atoms with Crippen molar-refractivity contribution in [3.05, 3.63) is 68.2 Å². The van der Waals surface area contributed by atoms with E-state index in [-0.39, 0.29) is 24.0 Å². The normalized spacial score (nSPS) is 11.1. The maximum atomic E-state index is 12.8. The van der Waals surface area contributed by atoms with E-state index in [1.165, 1.54) is 6.92 Å². The molecule has 0 atom stereocenters. The Morgan fingerprint density at radius 2 is 2.00 bits per heavy atom. The van der Waals surface area contributed by atoms with Crippen LogP contribution >= 0.6 is 15.9 Å². The first kappa shape index (κ1) is 20.1. The molecule has 0 bridgehead atoms. The molecule has 0 saturated carbocycles. The fourth-order valence-electron chi connectivity index (χ4n) is 2.94. The summed E-state index contributed by atoms with van der Waals surface area (Å²) >= 11 is 3.56. The molecular weight excluding hydrogens is 422 g/mol. The van der Waals surface area contributed by atoms with Gasteiger partial charge in [-0.1, -0.05) is 41.9 Å². The van der Waals surface area contributed by atoms with Crippen molar-refractivity contribution in [1.82, 2.24) is 9.66 Å². The van der Waals surface area contributed by atoms with Gasteiger partial charge >= 0.3 is 0 Å². The quantitative estimate of drug-likeness (QED) is 0.639. The Bertz CT molecular complexity index is 1110. The molecule has 0 saturated heterocycles. The zero-order chi connectivity index (χ0) is 20.4. The molecule has 3 aromatic rings. The molecule has 0 radical (unpaired) electrons. The summed E-state index contributed by atoms with van der Waals surface area (Å²) in [5.41, 5.74) is 4.86. The van der Waals surface area contributed by atoms with E-state index in [2.05, 4.69) is 40.2 Å². The molecule has 0 fully saturated rings. The highest BCUT2D eigenvalue weighted by atomic mass is 79.9. The molecule has 0 aliphatic heterocycles. The third-order valence-corrected chi connectivity index (χ3v) is 5.24.